The molecule has 0 aromatic heterocycles. The van der Waals surface area contributed by atoms with Crippen LogP contribution in [0.4, 0.5) is 0 Å². The van der Waals surface area contributed by atoms with E-state index in [1.807, 2.05) is 0 Å². The second kappa shape index (κ2) is 8.22. The van der Waals surface area contributed by atoms with Gasteiger partial charge in [0.2, 0.25) is 0 Å². The Labute approximate surface area is 149 Å². The number of aromatic carboxylic acids is 2. The molecule has 0 amide bonds. The van der Waals surface area contributed by atoms with Gasteiger partial charge in [0.25, 0.3) is 0 Å². The van der Waals surface area contributed by atoms with Crippen molar-refractivity contribution < 1.29 is 29.3 Å². The van der Waals surface area contributed by atoms with E-state index in [0.717, 1.165) is 0 Å². The minimum absolute atomic E-state index is 0.216. The third-order valence-corrected chi connectivity index (χ3v) is 10.2. The van der Waals surface area contributed by atoms with Gasteiger partial charge < -0.3 is 0 Å². The van der Waals surface area contributed by atoms with Gasteiger partial charge in [-0.3, -0.25) is 0 Å². The zero-order valence-electron chi connectivity index (χ0n) is 12.8. The topological polar surface area (TPSA) is 93.1 Å². The quantitative estimate of drug-likeness (QED) is 0.581. The molecule has 0 heterocycles. The second-order valence-corrected chi connectivity index (χ2v) is 10.7. The first-order valence-corrected chi connectivity index (χ1v) is 12.7. The fourth-order valence-corrected chi connectivity index (χ4v) is 8.90. The van der Waals surface area contributed by atoms with Gasteiger partial charge in [-0.2, -0.15) is 0 Å². The van der Waals surface area contributed by atoms with Crippen molar-refractivity contribution in [3.63, 3.8) is 0 Å². The summed E-state index contributed by atoms with van der Waals surface area (Å²) in [6, 6.07) is 9.63. The maximum atomic E-state index is 11.4. The Kier molecular flexibility index (Phi) is 6.29. The number of carboxylic acids is 2. The summed E-state index contributed by atoms with van der Waals surface area (Å²) >= 11 is -0.433. The molecule has 6 nitrogen and oxygen atoms in total. The van der Waals surface area contributed by atoms with E-state index in [-0.39, 0.29) is 37.4 Å². The van der Waals surface area contributed by atoms with Crippen LogP contribution >= 0.6 is 0 Å². The van der Waals surface area contributed by atoms with Crippen molar-refractivity contribution in [2.45, 2.75) is 0 Å². The molecular formula is C16H14O6Se2. The van der Waals surface area contributed by atoms with Gasteiger partial charge in [-0.1, -0.05) is 0 Å². The number of hydrogen-bond donors (Lipinski definition) is 2. The third-order valence-electron chi connectivity index (χ3n) is 3.06. The summed E-state index contributed by atoms with van der Waals surface area (Å²) in [6.07, 6.45) is 0. The van der Waals surface area contributed by atoms with E-state index in [0.29, 0.717) is 20.4 Å². The molecular weight excluding hydrogens is 446 g/mol. The molecule has 2 rings (SSSR count). The van der Waals surface area contributed by atoms with Crippen molar-refractivity contribution in [3.8, 4) is 11.5 Å². The summed E-state index contributed by atoms with van der Waals surface area (Å²) in [4.78, 5) is 22.7. The predicted octanol–water partition coefficient (Wildman–Crippen LogP) is 0.374. The fourth-order valence-electron chi connectivity index (χ4n) is 1.84. The molecule has 0 atom stereocenters. The van der Waals surface area contributed by atoms with Crippen molar-refractivity contribution >= 4 is 47.1 Å². The van der Waals surface area contributed by atoms with Crippen molar-refractivity contribution in [3.05, 3.63) is 47.5 Å². The van der Waals surface area contributed by atoms with Gasteiger partial charge in [-0.15, -0.1) is 0 Å². The molecule has 0 saturated carbocycles. The van der Waals surface area contributed by atoms with E-state index in [9.17, 15) is 19.8 Å². The first kappa shape index (κ1) is 18.4. The van der Waals surface area contributed by atoms with Crippen molar-refractivity contribution in [2.24, 2.45) is 0 Å². The zero-order valence-corrected chi connectivity index (χ0v) is 16.2. The van der Waals surface area contributed by atoms with Gasteiger partial charge in [0.05, 0.1) is 0 Å². The first-order valence-electron chi connectivity index (χ1n) is 6.63. The van der Waals surface area contributed by atoms with Gasteiger partial charge in [0, 0.05) is 0 Å². The SMILES string of the molecule is COc1ccc(C(=O)O)c([Se][Se]c2cc(OC)ccc2C(=O)O)c1. The van der Waals surface area contributed by atoms with Gasteiger partial charge in [0.15, 0.2) is 0 Å². The molecule has 2 aromatic rings. The van der Waals surface area contributed by atoms with Crippen LogP contribution in [0.5, 0.6) is 11.5 Å². The van der Waals surface area contributed by atoms with Gasteiger partial charge in [-0.05, 0) is 0 Å². The summed E-state index contributed by atoms with van der Waals surface area (Å²) in [5, 5.41) is 18.6. The molecule has 0 aliphatic carbocycles. The molecule has 0 unspecified atom stereocenters. The minimum atomic E-state index is -1.01. The number of ether oxygens (including phenoxy) is 2. The second-order valence-electron chi connectivity index (χ2n) is 4.50. The van der Waals surface area contributed by atoms with Crippen LogP contribution < -0.4 is 18.4 Å². The van der Waals surface area contributed by atoms with Crippen molar-refractivity contribution in [1.82, 2.24) is 0 Å². The van der Waals surface area contributed by atoms with Crippen LogP contribution in [0.2, 0.25) is 0 Å². The normalized spacial score (nSPS) is 10.2. The number of carboxylic acid groups (broad SMARTS) is 2. The van der Waals surface area contributed by atoms with E-state index >= 15 is 0 Å². The van der Waals surface area contributed by atoms with E-state index < -0.39 is 11.9 Å². The van der Waals surface area contributed by atoms with Gasteiger partial charge >= 0.3 is 150 Å². The van der Waals surface area contributed by atoms with Crippen LogP contribution in [0, 0.1) is 0 Å². The molecule has 24 heavy (non-hydrogen) atoms. The summed E-state index contributed by atoms with van der Waals surface area (Å²) in [5.74, 6) is -0.850. The summed E-state index contributed by atoms with van der Waals surface area (Å²) in [6.45, 7) is 0. The van der Waals surface area contributed by atoms with Crippen LogP contribution in [0.1, 0.15) is 20.7 Å². The zero-order chi connectivity index (χ0) is 17.7. The van der Waals surface area contributed by atoms with Gasteiger partial charge in [-0.25, -0.2) is 0 Å². The Morgan fingerprint density at radius 1 is 0.792 bits per heavy atom. The van der Waals surface area contributed by atoms with E-state index in [1.54, 1.807) is 24.3 Å². The number of benzene rings is 2. The Balaban J connectivity index is 2.33. The summed E-state index contributed by atoms with van der Waals surface area (Å²) in [5.41, 5.74) is 0.440. The molecule has 0 radical (unpaired) electrons. The first-order chi connectivity index (χ1) is 11.5. The average molecular weight is 460 g/mol. The monoisotopic (exact) mass is 462 g/mol. The number of methoxy groups -OCH3 is 2. The molecule has 0 saturated heterocycles. The molecule has 8 heteroatoms. The van der Waals surface area contributed by atoms with Crippen molar-refractivity contribution in [2.75, 3.05) is 14.2 Å². The Morgan fingerprint density at radius 3 is 1.46 bits per heavy atom. The Hall–Kier alpha value is -1.98. The summed E-state index contributed by atoms with van der Waals surface area (Å²) < 4.78 is 11.6. The maximum absolute atomic E-state index is 11.4. The molecule has 0 fully saturated rings. The molecule has 2 N–H and O–H groups in total. The van der Waals surface area contributed by atoms with Crippen molar-refractivity contribution in [1.29, 1.82) is 0 Å². The van der Waals surface area contributed by atoms with E-state index in [1.165, 1.54) is 26.4 Å². The number of hydrogen-bond acceptors (Lipinski definition) is 4. The predicted molar refractivity (Wildman–Crippen MR) is 90.7 cm³/mol. The third kappa shape index (κ3) is 4.30. The van der Waals surface area contributed by atoms with Gasteiger partial charge in [0.1, 0.15) is 0 Å². The molecule has 0 bridgehead atoms. The Morgan fingerprint density at radius 2 is 1.17 bits per heavy atom. The average Bonchev–Trinajstić information content (AvgIpc) is 2.58. The van der Waals surface area contributed by atoms with Crippen LogP contribution in [0.15, 0.2) is 36.4 Å². The summed E-state index contributed by atoms with van der Waals surface area (Å²) in [7, 11) is 3.03. The molecule has 0 spiro atoms. The van der Waals surface area contributed by atoms with E-state index in [4.69, 9.17) is 9.47 Å². The number of rotatable bonds is 7. The van der Waals surface area contributed by atoms with Crippen LogP contribution in [-0.2, 0) is 0 Å². The van der Waals surface area contributed by atoms with Crippen LogP contribution in [-0.4, -0.2) is 62.6 Å². The standard InChI is InChI=1S/C16H14O6Se2/c1-21-9-3-5-11(15(17)18)13(7-9)23-24-14-8-10(22-2)4-6-12(14)16(19)20/h3-8H,1-2H3,(H,17,18)(H,19,20). The fraction of sp³-hybridized carbons (Fsp3) is 0.125. The Bertz CT molecular complexity index is 710. The number of carbonyl (C=O) groups is 2. The van der Waals surface area contributed by atoms with E-state index in [2.05, 4.69) is 0 Å². The molecule has 2 aromatic carbocycles. The molecule has 0 aliphatic rings. The molecule has 0 aliphatic heterocycles. The van der Waals surface area contributed by atoms with Crippen LogP contribution in [0.25, 0.3) is 0 Å². The van der Waals surface area contributed by atoms with Crippen LogP contribution in [0.3, 0.4) is 0 Å². The molecule has 126 valence electrons.